The number of nitrogens with zero attached hydrogens (tertiary/aromatic N) is 5. The van der Waals surface area contributed by atoms with E-state index in [-0.39, 0.29) is 24.4 Å². The number of likely N-dealkylation sites (tertiary alicyclic amines) is 1. The second-order valence-electron chi connectivity index (χ2n) is 7.37. The first-order valence-corrected chi connectivity index (χ1v) is 9.27. The van der Waals surface area contributed by atoms with Gasteiger partial charge >= 0.3 is 6.03 Å². The molecule has 1 N–H and O–H groups in total. The number of carbonyl (C=O) groups is 2. The third-order valence-corrected chi connectivity index (χ3v) is 4.69. The normalized spacial score (nSPS) is 17.4. The van der Waals surface area contributed by atoms with Gasteiger partial charge in [0, 0.05) is 52.0 Å². The Balaban J connectivity index is 1.91. The van der Waals surface area contributed by atoms with Crippen molar-refractivity contribution >= 4 is 11.9 Å². The van der Waals surface area contributed by atoms with E-state index < -0.39 is 0 Å². The lowest BCUT2D eigenvalue weighted by molar-refractivity contribution is -0.131. The zero-order valence-electron chi connectivity index (χ0n) is 16.4. The van der Waals surface area contributed by atoms with Crippen molar-refractivity contribution in [1.82, 2.24) is 29.6 Å². The number of piperidine rings is 1. The Labute approximate surface area is 156 Å². The SMILES string of the molecule is CN(C)CCCn1ccnc1[C@@H]1CCCN(C(=O)CNC(=O)N(C)C)C1. The number of rotatable bonds is 7. The maximum absolute atomic E-state index is 12.4. The van der Waals surface area contributed by atoms with Gasteiger partial charge in [0.25, 0.3) is 0 Å². The molecular weight excluding hydrogens is 332 g/mol. The highest BCUT2D eigenvalue weighted by molar-refractivity contribution is 5.83. The number of aryl methyl sites for hydroxylation is 1. The van der Waals surface area contributed by atoms with Gasteiger partial charge in [-0.25, -0.2) is 9.78 Å². The molecule has 1 aliphatic rings. The van der Waals surface area contributed by atoms with Crippen LogP contribution in [0.2, 0.25) is 0 Å². The van der Waals surface area contributed by atoms with Crippen LogP contribution in [0.15, 0.2) is 12.4 Å². The van der Waals surface area contributed by atoms with Crippen LogP contribution < -0.4 is 5.32 Å². The van der Waals surface area contributed by atoms with Gasteiger partial charge in [0.1, 0.15) is 5.82 Å². The van der Waals surface area contributed by atoms with Crippen LogP contribution in [0.4, 0.5) is 4.79 Å². The van der Waals surface area contributed by atoms with E-state index in [4.69, 9.17) is 0 Å². The predicted octanol–water partition coefficient (Wildman–Crippen LogP) is 0.812. The average molecular weight is 364 g/mol. The van der Waals surface area contributed by atoms with Crippen molar-refractivity contribution in [2.45, 2.75) is 31.7 Å². The van der Waals surface area contributed by atoms with Crippen molar-refractivity contribution in [3.05, 3.63) is 18.2 Å². The molecule has 1 aromatic rings. The van der Waals surface area contributed by atoms with Crippen LogP contribution in [0.25, 0.3) is 0 Å². The molecule has 1 atom stereocenters. The number of imidazole rings is 1. The smallest absolute Gasteiger partial charge is 0.317 e. The maximum atomic E-state index is 12.4. The van der Waals surface area contributed by atoms with Crippen LogP contribution in [-0.2, 0) is 11.3 Å². The highest BCUT2D eigenvalue weighted by atomic mass is 16.2. The highest BCUT2D eigenvalue weighted by Crippen LogP contribution is 2.26. The molecule has 0 bridgehead atoms. The summed E-state index contributed by atoms with van der Waals surface area (Å²) in [5, 5.41) is 2.65. The van der Waals surface area contributed by atoms with Gasteiger partial charge in [-0.3, -0.25) is 4.79 Å². The van der Waals surface area contributed by atoms with E-state index in [1.54, 1.807) is 14.1 Å². The van der Waals surface area contributed by atoms with E-state index in [1.165, 1.54) is 4.90 Å². The van der Waals surface area contributed by atoms with Gasteiger partial charge in [0.2, 0.25) is 5.91 Å². The molecule has 0 saturated carbocycles. The lowest BCUT2D eigenvalue weighted by atomic mass is 9.97. The molecule has 146 valence electrons. The number of hydrogen-bond acceptors (Lipinski definition) is 4. The Morgan fingerprint density at radius 2 is 2.08 bits per heavy atom. The van der Waals surface area contributed by atoms with Crippen LogP contribution in [0.3, 0.4) is 0 Å². The van der Waals surface area contributed by atoms with E-state index in [0.29, 0.717) is 6.54 Å². The number of hydrogen-bond donors (Lipinski definition) is 1. The molecule has 0 aliphatic carbocycles. The quantitative estimate of drug-likeness (QED) is 0.777. The van der Waals surface area contributed by atoms with Crippen LogP contribution in [0.1, 0.15) is 31.0 Å². The fourth-order valence-corrected chi connectivity index (χ4v) is 3.26. The van der Waals surface area contributed by atoms with Gasteiger partial charge in [0.15, 0.2) is 0 Å². The molecule has 3 amide bonds. The summed E-state index contributed by atoms with van der Waals surface area (Å²) in [6.07, 6.45) is 6.95. The third kappa shape index (κ3) is 5.72. The zero-order chi connectivity index (χ0) is 19.1. The van der Waals surface area contributed by atoms with E-state index in [2.05, 4.69) is 33.9 Å². The van der Waals surface area contributed by atoms with Gasteiger partial charge in [-0.15, -0.1) is 0 Å². The van der Waals surface area contributed by atoms with Gasteiger partial charge in [-0.2, -0.15) is 0 Å². The highest BCUT2D eigenvalue weighted by Gasteiger charge is 2.27. The molecule has 2 heterocycles. The first kappa shape index (κ1) is 20.2. The Hall–Kier alpha value is -2.09. The molecule has 26 heavy (non-hydrogen) atoms. The molecule has 0 aromatic carbocycles. The Kier molecular flexibility index (Phi) is 7.44. The topological polar surface area (TPSA) is 73.7 Å². The average Bonchev–Trinajstić information content (AvgIpc) is 3.07. The number of urea groups is 1. The summed E-state index contributed by atoms with van der Waals surface area (Å²) in [7, 11) is 7.47. The first-order chi connectivity index (χ1) is 12.4. The zero-order valence-corrected chi connectivity index (χ0v) is 16.4. The largest absolute Gasteiger partial charge is 0.340 e. The summed E-state index contributed by atoms with van der Waals surface area (Å²) in [5.41, 5.74) is 0. The molecule has 8 nitrogen and oxygen atoms in total. The minimum Gasteiger partial charge on any atom is -0.340 e. The van der Waals surface area contributed by atoms with Crippen molar-refractivity contribution in [2.75, 3.05) is 54.4 Å². The van der Waals surface area contributed by atoms with Crippen molar-refractivity contribution in [1.29, 1.82) is 0 Å². The van der Waals surface area contributed by atoms with Crippen LogP contribution in [-0.4, -0.2) is 90.6 Å². The van der Waals surface area contributed by atoms with Crippen molar-refractivity contribution < 1.29 is 9.59 Å². The van der Waals surface area contributed by atoms with Gasteiger partial charge in [-0.05, 0) is 39.9 Å². The number of carbonyl (C=O) groups excluding carboxylic acids is 2. The first-order valence-electron chi connectivity index (χ1n) is 9.27. The molecule has 1 aromatic heterocycles. The van der Waals surface area contributed by atoms with Crippen molar-refractivity contribution in [3.63, 3.8) is 0 Å². The molecule has 0 unspecified atom stereocenters. The molecule has 0 radical (unpaired) electrons. The van der Waals surface area contributed by atoms with Crippen molar-refractivity contribution in [3.8, 4) is 0 Å². The molecule has 1 aliphatic heterocycles. The molecule has 1 saturated heterocycles. The van der Waals surface area contributed by atoms with E-state index in [1.807, 2.05) is 17.3 Å². The minimum atomic E-state index is -0.247. The van der Waals surface area contributed by atoms with Gasteiger partial charge < -0.3 is 24.6 Å². The standard InChI is InChI=1S/C18H32N6O2/c1-21(2)9-6-11-23-12-8-19-17(23)15-7-5-10-24(14-15)16(25)13-20-18(26)22(3)4/h8,12,15H,5-7,9-11,13-14H2,1-4H3,(H,20,26)/t15-/m1/s1. The van der Waals surface area contributed by atoms with Crippen LogP contribution in [0.5, 0.6) is 0 Å². The summed E-state index contributed by atoms with van der Waals surface area (Å²) in [6, 6.07) is -0.247. The van der Waals surface area contributed by atoms with Crippen LogP contribution >= 0.6 is 0 Å². The Bertz CT molecular complexity index is 598. The summed E-state index contributed by atoms with van der Waals surface area (Å²) in [4.78, 5) is 34.1. The number of nitrogens with one attached hydrogen (secondary N) is 1. The monoisotopic (exact) mass is 364 g/mol. The number of amides is 3. The molecule has 1 fully saturated rings. The van der Waals surface area contributed by atoms with E-state index in [0.717, 1.165) is 44.7 Å². The minimum absolute atomic E-state index is 0.0318. The molecule has 2 rings (SSSR count). The maximum Gasteiger partial charge on any atom is 0.317 e. The Morgan fingerprint density at radius 1 is 1.31 bits per heavy atom. The van der Waals surface area contributed by atoms with Crippen LogP contribution in [0, 0.1) is 0 Å². The van der Waals surface area contributed by atoms with Crippen molar-refractivity contribution in [2.24, 2.45) is 0 Å². The van der Waals surface area contributed by atoms with E-state index >= 15 is 0 Å². The lowest BCUT2D eigenvalue weighted by Gasteiger charge is -2.33. The lowest BCUT2D eigenvalue weighted by Crippen LogP contribution is -2.46. The third-order valence-electron chi connectivity index (χ3n) is 4.69. The fraction of sp³-hybridized carbons (Fsp3) is 0.722. The van der Waals surface area contributed by atoms with Gasteiger partial charge in [-0.1, -0.05) is 0 Å². The molecule has 0 spiro atoms. The summed E-state index contributed by atoms with van der Waals surface area (Å²) in [6.45, 7) is 3.44. The number of aromatic nitrogens is 2. The molecular formula is C18H32N6O2. The predicted molar refractivity (Wildman–Crippen MR) is 101 cm³/mol. The summed E-state index contributed by atoms with van der Waals surface area (Å²) in [5.74, 6) is 1.29. The summed E-state index contributed by atoms with van der Waals surface area (Å²) < 4.78 is 2.22. The van der Waals surface area contributed by atoms with E-state index in [9.17, 15) is 9.59 Å². The second-order valence-corrected chi connectivity index (χ2v) is 7.37. The second kappa shape index (κ2) is 9.56. The van der Waals surface area contributed by atoms with Gasteiger partial charge in [0.05, 0.1) is 6.54 Å². The Morgan fingerprint density at radius 3 is 2.77 bits per heavy atom. The fourth-order valence-electron chi connectivity index (χ4n) is 3.26. The molecule has 8 heteroatoms. The summed E-state index contributed by atoms with van der Waals surface area (Å²) >= 11 is 0.